The molecule has 30 heavy (non-hydrogen) atoms. The quantitative estimate of drug-likeness (QED) is 0.457. The maximum atomic E-state index is 13.3. The van der Waals surface area contributed by atoms with Gasteiger partial charge in [-0.2, -0.15) is 0 Å². The van der Waals surface area contributed by atoms with E-state index in [4.69, 9.17) is 9.47 Å². The van der Waals surface area contributed by atoms with Crippen LogP contribution in [0.25, 0.3) is 6.08 Å². The van der Waals surface area contributed by atoms with Gasteiger partial charge in [-0.25, -0.2) is 0 Å². The van der Waals surface area contributed by atoms with Crippen molar-refractivity contribution in [2.75, 3.05) is 0 Å². The number of fused-ring (bicyclic) bond motifs is 2. The highest BCUT2D eigenvalue weighted by Gasteiger charge is 2.45. The number of Topliss-reactive ketones (excluding diaryl/α,β-unsaturated/α-hetero) is 1. The largest absolute Gasteiger partial charge is 0.344 e. The number of aryl methyl sites for hydroxylation is 2. The lowest BCUT2D eigenvalue weighted by Crippen LogP contribution is -2.33. The molecule has 0 spiro atoms. The van der Waals surface area contributed by atoms with Crippen molar-refractivity contribution < 1.29 is 14.3 Å². The number of ketones is 1. The van der Waals surface area contributed by atoms with Crippen molar-refractivity contribution in [3.05, 3.63) is 52.6 Å². The number of rotatable bonds is 0. The predicted molar refractivity (Wildman–Crippen MR) is 124 cm³/mol. The molecule has 1 aromatic rings. The van der Waals surface area contributed by atoms with Gasteiger partial charge in [-0.1, -0.05) is 69.7 Å². The Labute approximate surface area is 182 Å². The smallest absolute Gasteiger partial charge is 0.164 e. The van der Waals surface area contributed by atoms with E-state index in [1.54, 1.807) is 0 Å². The highest BCUT2D eigenvalue weighted by atomic mass is 16.8. The third kappa shape index (κ3) is 4.95. The van der Waals surface area contributed by atoms with Crippen LogP contribution in [0.15, 0.2) is 30.4 Å². The van der Waals surface area contributed by atoms with Gasteiger partial charge in [0.2, 0.25) is 0 Å². The fourth-order valence-corrected chi connectivity index (χ4v) is 4.74. The molecule has 164 valence electrons. The van der Waals surface area contributed by atoms with E-state index in [0.717, 1.165) is 16.7 Å². The molecule has 1 aromatic carbocycles. The second kappa shape index (κ2) is 8.80. The molecular weight excluding hydrogens is 372 g/mol. The first-order valence-electron chi connectivity index (χ1n) is 11.3. The van der Waals surface area contributed by atoms with Crippen molar-refractivity contribution in [1.29, 1.82) is 0 Å². The van der Waals surface area contributed by atoms with Gasteiger partial charge in [-0.3, -0.25) is 4.79 Å². The first-order chi connectivity index (χ1) is 14.0. The van der Waals surface area contributed by atoms with E-state index in [1.807, 2.05) is 20.8 Å². The molecule has 0 saturated carbocycles. The van der Waals surface area contributed by atoms with Crippen LogP contribution in [0.3, 0.4) is 0 Å². The molecule has 2 unspecified atom stereocenters. The summed E-state index contributed by atoms with van der Waals surface area (Å²) in [7, 11) is 0. The van der Waals surface area contributed by atoms with Crippen LogP contribution in [0.4, 0.5) is 0 Å². The lowest BCUT2D eigenvalue weighted by atomic mass is 9.84. The van der Waals surface area contributed by atoms with Gasteiger partial charge in [0, 0.05) is 23.8 Å². The zero-order valence-electron chi connectivity index (χ0n) is 19.9. The number of hydrogen-bond donors (Lipinski definition) is 0. The van der Waals surface area contributed by atoms with Gasteiger partial charge >= 0.3 is 0 Å². The molecule has 3 heteroatoms. The van der Waals surface area contributed by atoms with Crippen molar-refractivity contribution in [2.24, 2.45) is 23.7 Å². The Hall–Kier alpha value is -1.71. The Morgan fingerprint density at radius 2 is 1.43 bits per heavy atom. The van der Waals surface area contributed by atoms with Gasteiger partial charge in [0.25, 0.3) is 0 Å². The molecule has 0 N–H and O–H groups in total. The lowest BCUT2D eigenvalue weighted by Gasteiger charge is -2.25. The third-order valence-corrected chi connectivity index (χ3v) is 6.69. The van der Waals surface area contributed by atoms with Crippen LogP contribution < -0.4 is 0 Å². The fourth-order valence-electron chi connectivity index (χ4n) is 4.74. The zero-order chi connectivity index (χ0) is 22.2. The maximum Gasteiger partial charge on any atom is 0.164 e. The van der Waals surface area contributed by atoms with Crippen molar-refractivity contribution in [3.63, 3.8) is 0 Å². The molecule has 1 heterocycles. The Balaban J connectivity index is 2.07. The minimum Gasteiger partial charge on any atom is -0.344 e. The number of benzene rings is 1. The number of carbonyl (C=O) groups excluding carboxylic acids is 1. The summed E-state index contributed by atoms with van der Waals surface area (Å²) in [4.78, 5) is 13.3. The average Bonchev–Trinajstić information content (AvgIpc) is 2.98. The molecule has 0 bridgehead atoms. The second-order valence-corrected chi connectivity index (χ2v) is 10.0. The average molecular weight is 411 g/mol. The van der Waals surface area contributed by atoms with Crippen LogP contribution in [0.5, 0.6) is 0 Å². The minimum atomic E-state index is -0.590. The van der Waals surface area contributed by atoms with Crippen LogP contribution in [-0.4, -0.2) is 23.8 Å². The van der Waals surface area contributed by atoms with Crippen LogP contribution >= 0.6 is 0 Å². The van der Waals surface area contributed by atoms with Gasteiger partial charge in [-0.05, 0) is 50.7 Å². The SMILES string of the molecule is Cc1cc(C)c2c(c1)/C=C/C(C)[C@@H]1OC(C)(C)O[C@@H]1C(C)/C=C\[C@@H](C)[C@H](C)CC2=O. The zero-order valence-corrected chi connectivity index (χ0v) is 19.9. The number of allylic oxidation sites excluding steroid dienone is 1. The van der Waals surface area contributed by atoms with Gasteiger partial charge < -0.3 is 9.47 Å². The highest BCUT2D eigenvalue weighted by Crippen LogP contribution is 2.37. The lowest BCUT2D eigenvalue weighted by molar-refractivity contribution is -0.150. The Kier molecular flexibility index (Phi) is 6.74. The molecule has 0 amide bonds. The van der Waals surface area contributed by atoms with Crippen LogP contribution in [0.2, 0.25) is 0 Å². The van der Waals surface area contributed by atoms with Crippen molar-refractivity contribution in [1.82, 2.24) is 0 Å². The first-order valence-corrected chi connectivity index (χ1v) is 11.3. The monoisotopic (exact) mass is 410 g/mol. The molecule has 3 nitrogen and oxygen atoms in total. The van der Waals surface area contributed by atoms with Crippen LogP contribution in [0.1, 0.15) is 75.0 Å². The summed E-state index contributed by atoms with van der Waals surface area (Å²) < 4.78 is 12.6. The summed E-state index contributed by atoms with van der Waals surface area (Å²) in [5.41, 5.74) is 4.11. The minimum absolute atomic E-state index is 0.00157. The molecule has 0 aromatic heterocycles. The Morgan fingerprint density at radius 3 is 2.07 bits per heavy atom. The normalized spacial score (nSPS) is 36.5. The molecule has 1 aliphatic heterocycles. The maximum absolute atomic E-state index is 13.3. The van der Waals surface area contributed by atoms with Gasteiger partial charge in [0.1, 0.15) is 0 Å². The standard InChI is InChI=1S/C27H38O3/c1-16-13-21(6)24-22(14-16)12-11-19(4)26-25(29-27(7,8)30-26)18(3)10-9-17(2)20(5)15-23(24)28/h9-14,17-20,25-26H,15H2,1-8H3/b10-9-,12-11+/t17-,18?,19?,20-,25-,26+/m1/s1. The van der Waals surface area contributed by atoms with Crippen molar-refractivity contribution in [3.8, 4) is 0 Å². The van der Waals surface area contributed by atoms with Crippen LogP contribution in [0, 0.1) is 37.5 Å². The summed E-state index contributed by atoms with van der Waals surface area (Å²) in [5, 5.41) is 0. The Morgan fingerprint density at radius 1 is 0.867 bits per heavy atom. The van der Waals surface area contributed by atoms with Crippen LogP contribution in [-0.2, 0) is 9.47 Å². The topological polar surface area (TPSA) is 35.5 Å². The van der Waals surface area contributed by atoms with E-state index in [9.17, 15) is 4.79 Å². The van der Waals surface area contributed by atoms with E-state index in [-0.39, 0.29) is 35.7 Å². The number of ether oxygens (including phenoxy) is 2. The number of hydrogen-bond acceptors (Lipinski definition) is 3. The first kappa shape index (κ1) is 23.0. The fraction of sp³-hybridized carbons (Fsp3) is 0.593. The van der Waals surface area contributed by atoms with E-state index in [2.05, 4.69) is 71.1 Å². The van der Waals surface area contributed by atoms with Gasteiger partial charge in [-0.15, -0.1) is 0 Å². The molecule has 2 aliphatic rings. The molecule has 0 radical (unpaired) electrons. The van der Waals surface area contributed by atoms with Crippen molar-refractivity contribution >= 4 is 11.9 Å². The van der Waals surface area contributed by atoms with Gasteiger partial charge in [0.15, 0.2) is 11.6 Å². The molecule has 1 aliphatic carbocycles. The van der Waals surface area contributed by atoms with E-state index >= 15 is 0 Å². The number of carbonyl (C=O) groups is 1. The summed E-state index contributed by atoms with van der Waals surface area (Å²) in [6, 6.07) is 4.23. The third-order valence-electron chi connectivity index (χ3n) is 6.69. The summed E-state index contributed by atoms with van der Waals surface area (Å²) in [6.45, 7) is 16.9. The van der Waals surface area contributed by atoms with E-state index < -0.39 is 5.79 Å². The molecule has 1 fully saturated rings. The Bertz CT molecular complexity index is 848. The summed E-state index contributed by atoms with van der Waals surface area (Å²) in [5.74, 6) is 0.627. The summed E-state index contributed by atoms with van der Waals surface area (Å²) in [6.07, 6.45) is 9.32. The van der Waals surface area contributed by atoms with Crippen molar-refractivity contribution in [2.45, 2.75) is 79.8 Å². The predicted octanol–water partition coefficient (Wildman–Crippen LogP) is 6.52. The molecule has 6 atom stereocenters. The molecule has 1 saturated heterocycles. The molecule has 3 rings (SSSR count). The van der Waals surface area contributed by atoms with E-state index in [0.29, 0.717) is 12.3 Å². The molecular formula is C27H38O3. The second-order valence-electron chi connectivity index (χ2n) is 10.0. The van der Waals surface area contributed by atoms with Gasteiger partial charge in [0.05, 0.1) is 12.2 Å². The highest BCUT2D eigenvalue weighted by molar-refractivity contribution is 6.01. The van der Waals surface area contributed by atoms with E-state index in [1.165, 1.54) is 5.56 Å². The summed E-state index contributed by atoms with van der Waals surface area (Å²) >= 11 is 0.